The molecule has 1 aliphatic heterocycles. The van der Waals surface area contributed by atoms with Gasteiger partial charge >= 0.3 is 6.18 Å². The first-order chi connectivity index (χ1) is 15.2. The third kappa shape index (κ3) is 4.35. The maximum Gasteiger partial charge on any atom is 0.452 e. The highest BCUT2D eigenvalue weighted by Gasteiger charge is 2.36. The molecule has 0 spiro atoms. The van der Waals surface area contributed by atoms with Crippen molar-refractivity contribution >= 4 is 15.6 Å². The van der Waals surface area contributed by atoms with Crippen molar-refractivity contribution in [3.63, 3.8) is 0 Å². The van der Waals surface area contributed by atoms with Gasteiger partial charge in [-0.3, -0.25) is 0 Å². The number of nitrogens with zero attached hydrogens (tertiary/aromatic N) is 2. The molecule has 0 aliphatic carbocycles. The largest absolute Gasteiger partial charge is 0.452 e. The van der Waals surface area contributed by atoms with Gasteiger partial charge in [0.1, 0.15) is 5.69 Å². The zero-order chi connectivity index (χ0) is 22.9. The van der Waals surface area contributed by atoms with Crippen molar-refractivity contribution < 1.29 is 26.1 Å². The topological polar surface area (TPSA) is 63.4 Å². The third-order valence-corrected chi connectivity index (χ3v) is 7.41. The second-order valence-electron chi connectivity index (χ2n) is 7.46. The first-order valence-electron chi connectivity index (χ1n) is 10.1. The van der Waals surface area contributed by atoms with Gasteiger partial charge in [0.15, 0.2) is 0 Å². The lowest BCUT2D eigenvalue weighted by Gasteiger charge is -2.27. The fourth-order valence-corrected chi connectivity index (χ4v) is 5.41. The minimum Gasteiger partial charge on any atom is -0.351 e. The number of sulfonamides is 1. The summed E-state index contributed by atoms with van der Waals surface area (Å²) in [6, 6.07) is 15.1. The van der Waals surface area contributed by atoms with Gasteiger partial charge in [0.05, 0.1) is 4.90 Å². The highest BCUT2D eigenvalue weighted by atomic mass is 32.2. The summed E-state index contributed by atoms with van der Waals surface area (Å²) in [4.78, 5) is 0.0746. The van der Waals surface area contributed by atoms with Gasteiger partial charge in [-0.05, 0) is 35.6 Å². The Bertz CT molecular complexity index is 1250. The zero-order valence-electron chi connectivity index (χ0n) is 17.3. The van der Waals surface area contributed by atoms with Crippen LogP contribution in [0.5, 0.6) is 0 Å². The highest BCUT2D eigenvalue weighted by molar-refractivity contribution is 7.89. The molecule has 0 saturated heterocycles. The molecule has 1 aromatic heterocycles. The summed E-state index contributed by atoms with van der Waals surface area (Å²) in [5.41, 5.74) is 2.92. The van der Waals surface area contributed by atoms with Crippen molar-refractivity contribution in [1.82, 2.24) is 9.46 Å². The van der Waals surface area contributed by atoms with Gasteiger partial charge in [-0.25, -0.2) is 8.42 Å². The van der Waals surface area contributed by atoms with E-state index < -0.39 is 22.0 Å². The second kappa shape index (κ2) is 8.55. The average Bonchev–Trinajstić information content (AvgIpc) is 3.30. The summed E-state index contributed by atoms with van der Waals surface area (Å²) in [7, 11) is -3.85. The molecule has 9 heteroatoms. The van der Waals surface area contributed by atoms with Crippen molar-refractivity contribution in [2.75, 3.05) is 13.1 Å². The molecule has 0 bridgehead atoms. The SMILES string of the molecule is CCc1ccc(-c2cc(C(F)(F)F)on2)cc1S(=O)(=O)N1CC=C(c2ccccc2)CC1. The Morgan fingerprint density at radius 3 is 2.41 bits per heavy atom. The van der Waals surface area contributed by atoms with E-state index in [2.05, 4.69) is 9.68 Å². The van der Waals surface area contributed by atoms with Crippen molar-refractivity contribution in [1.29, 1.82) is 0 Å². The van der Waals surface area contributed by atoms with Crippen LogP contribution in [0.1, 0.15) is 30.2 Å². The van der Waals surface area contributed by atoms with Gasteiger partial charge in [0.2, 0.25) is 15.8 Å². The van der Waals surface area contributed by atoms with Crippen LogP contribution in [0.2, 0.25) is 0 Å². The third-order valence-electron chi connectivity index (χ3n) is 5.47. The predicted octanol–water partition coefficient (Wildman–Crippen LogP) is 5.40. The minimum atomic E-state index is -4.67. The molecule has 3 aromatic rings. The van der Waals surface area contributed by atoms with Crippen molar-refractivity contribution in [2.24, 2.45) is 0 Å². The van der Waals surface area contributed by atoms with Crippen LogP contribution in [0.3, 0.4) is 0 Å². The van der Waals surface area contributed by atoms with Crippen LogP contribution in [0.25, 0.3) is 16.8 Å². The molecular formula is C23H21F3N2O3S. The van der Waals surface area contributed by atoms with Crippen LogP contribution in [0.4, 0.5) is 13.2 Å². The van der Waals surface area contributed by atoms with E-state index in [0.29, 0.717) is 24.9 Å². The Balaban J connectivity index is 1.65. The van der Waals surface area contributed by atoms with Gasteiger partial charge in [-0.15, -0.1) is 0 Å². The molecule has 2 aromatic carbocycles. The summed E-state index contributed by atoms with van der Waals surface area (Å²) in [5, 5.41) is 3.47. The van der Waals surface area contributed by atoms with Crippen LogP contribution < -0.4 is 0 Å². The normalized spacial score (nSPS) is 15.6. The molecule has 0 N–H and O–H groups in total. The first kappa shape index (κ1) is 22.3. The van der Waals surface area contributed by atoms with Crippen LogP contribution >= 0.6 is 0 Å². The molecule has 4 rings (SSSR count). The molecule has 168 valence electrons. The zero-order valence-corrected chi connectivity index (χ0v) is 18.1. The van der Waals surface area contributed by atoms with Crippen molar-refractivity contribution in [2.45, 2.75) is 30.8 Å². The van der Waals surface area contributed by atoms with Gasteiger partial charge < -0.3 is 4.52 Å². The van der Waals surface area contributed by atoms with Crippen molar-refractivity contribution in [3.8, 4) is 11.3 Å². The lowest BCUT2D eigenvalue weighted by Crippen LogP contribution is -2.35. The monoisotopic (exact) mass is 462 g/mol. The average molecular weight is 462 g/mol. The molecular weight excluding hydrogens is 441 g/mol. The van der Waals surface area contributed by atoms with Gasteiger partial charge in [0.25, 0.3) is 0 Å². The fraction of sp³-hybridized carbons (Fsp3) is 0.261. The number of aryl methyl sites for hydroxylation is 1. The summed E-state index contributed by atoms with van der Waals surface area (Å²) in [6.07, 6.45) is -1.73. The molecule has 0 saturated carbocycles. The molecule has 0 atom stereocenters. The van der Waals surface area contributed by atoms with Gasteiger partial charge in [-0.1, -0.05) is 60.6 Å². The summed E-state index contributed by atoms with van der Waals surface area (Å²) in [5.74, 6) is -1.23. The Hall–Kier alpha value is -2.91. The number of hydrogen-bond acceptors (Lipinski definition) is 4. The van der Waals surface area contributed by atoms with E-state index in [1.54, 1.807) is 12.1 Å². The lowest BCUT2D eigenvalue weighted by atomic mass is 10.0. The van der Waals surface area contributed by atoms with Crippen LogP contribution in [-0.4, -0.2) is 31.0 Å². The molecule has 2 heterocycles. The Labute approximate surface area is 184 Å². The molecule has 32 heavy (non-hydrogen) atoms. The van der Waals surface area contributed by atoms with Crippen LogP contribution in [0.15, 0.2) is 70.1 Å². The Morgan fingerprint density at radius 1 is 1.06 bits per heavy atom. The minimum absolute atomic E-state index is 0.0682. The fourth-order valence-electron chi connectivity index (χ4n) is 3.71. The number of halogens is 3. The summed E-state index contributed by atoms with van der Waals surface area (Å²) < 4.78 is 71.2. The highest BCUT2D eigenvalue weighted by Crippen LogP contribution is 2.34. The number of alkyl halides is 3. The number of hydrogen-bond donors (Lipinski definition) is 0. The molecule has 0 unspecified atom stereocenters. The lowest BCUT2D eigenvalue weighted by molar-refractivity contribution is -0.155. The van der Waals surface area contributed by atoms with E-state index in [-0.39, 0.29) is 22.7 Å². The maximum atomic E-state index is 13.4. The van der Waals surface area contributed by atoms with E-state index in [9.17, 15) is 21.6 Å². The van der Waals surface area contributed by atoms with E-state index in [1.807, 2.05) is 43.3 Å². The summed E-state index contributed by atoms with van der Waals surface area (Å²) >= 11 is 0. The van der Waals surface area contributed by atoms with E-state index in [1.165, 1.54) is 10.4 Å². The predicted molar refractivity (Wildman–Crippen MR) is 114 cm³/mol. The quantitative estimate of drug-likeness (QED) is 0.509. The van der Waals surface area contributed by atoms with Gasteiger partial charge in [-0.2, -0.15) is 17.5 Å². The summed E-state index contributed by atoms with van der Waals surface area (Å²) in [6.45, 7) is 2.37. The number of benzene rings is 2. The molecule has 5 nitrogen and oxygen atoms in total. The van der Waals surface area contributed by atoms with Crippen LogP contribution in [0, 0.1) is 0 Å². The standard InChI is InChI=1S/C23H21F3N2O3S/c1-2-16-8-9-19(20-15-22(31-27-20)23(24,25)26)14-21(16)32(29,30)28-12-10-18(11-13-28)17-6-4-3-5-7-17/h3-10,14-15H,2,11-13H2,1H3. The Kier molecular flexibility index (Phi) is 5.96. The first-order valence-corrected chi connectivity index (χ1v) is 11.6. The molecule has 0 radical (unpaired) electrons. The van der Waals surface area contributed by atoms with E-state index >= 15 is 0 Å². The molecule has 0 fully saturated rings. The molecule has 0 amide bonds. The Morgan fingerprint density at radius 2 is 1.81 bits per heavy atom. The maximum absolute atomic E-state index is 13.4. The number of aromatic nitrogens is 1. The van der Waals surface area contributed by atoms with E-state index in [0.717, 1.165) is 17.2 Å². The molecule has 1 aliphatic rings. The smallest absolute Gasteiger partial charge is 0.351 e. The number of rotatable bonds is 5. The van der Waals surface area contributed by atoms with Crippen molar-refractivity contribution in [3.05, 3.63) is 77.6 Å². The van der Waals surface area contributed by atoms with E-state index in [4.69, 9.17) is 0 Å². The van der Waals surface area contributed by atoms with Crippen LogP contribution in [-0.2, 0) is 22.6 Å². The van der Waals surface area contributed by atoms with Gasteiger partial charge in [0, 0.05) is 24.7 Å². The second-order valence-corrected chi connectivity index (χ2v) is 9.37.